The van der Waals surface area contributed by atoms with Crippen LogP contribution in [0.25, 0.3) is 0 Å². The molecule has 0 aromatic carbocycles. The number of thioether (sulfide) groups is 1. The van der Waals surface area contributed by atoms with Crippen LogP contribution < -0.4 is 5.32 Å². The van der Waals surface area contributed by atoms with E-state index >= 15 is 0 Å². The molecular weight excluding hydrogens is 270 g/mol. The third-order valence-corrected chi connectivity index (χ3v) is 5.95. The molecule has 1 fully saturated rings. The zero-order chi connectivity index (χ0) is 12.1. The van der Waals surface area contributed by atoms with Crippen LogP contribution in [0.3, 0.4) is 0 Å². The number of hydrogen-bond donors (Lipinski definition) is 1. The predicted octanol–water partition coefficient (Wildman–Crippen LogP) is 4.21. The van der Waals surface area contributed by atoms with Crippen LogP contribution in [0.1, 0.15) is 31.1 Å². The van der Waals surface area contributed by atoms with Gasteiger partial charge >= 0.3 is 0 Å². The maximum atomic E-state index is 6.00. The number of thiophene rings is 1. The minimum absolute atomic E-state index is 0.611. The van der Waals surface area contributed by atoms with E-state index in [1.807, 2.05) is 6.07 Å². The van der Waals surface area contributed by atoms with E-state index in [0.29, 0.717) is 6.04 Å². The summed E-state index contributed by atoms with van der Waals surface area (Å²) < 4.78 is 0.909. The van der Waals surface area contributed by atoms with Crippen LogP contribution in [0.2, 0.25) is 4.34 Å². The van der Waals surface area contributed by atoms with Crippen molar-refractivity contribution in [2.75, 3.05) is 12.3 Å². The van der Waals surface area contributed by atoms with Crippen molar-refractivity contribution in [3.05, 3.63) is 21.3 Å². The normalized spacial score (nSPS) is 22.6. The Hall–Kier alpha value is 0.300. The van der Waals surface area contributed by atoms with Gasteiger partial charge in [-0.3, -0.25) is 0 Å². The van der Waals surface area contributed by atoms with Crippen molar-refractivity contribution >= 4 is 34.7 Å². The second-order valence-electron chi connectivity index (χ2n) is 4.48. The van der Waals surface area contributed by atoms with Crippen LogP contribution in [0.5, 0.6) is 0 Å². The van der Waals surface area contributed by atoms with E-state index in [4.69, 9.17) is 11.6 Å². The molecule has 1 saturated heterocycles. The quantitative estimate of drug-likeness (QED) is 0.871. The first-order chi connectivity index (χ1) is 8.29. The van der Waals surface area contributed by atoms with Gasteiger partial charge in [-0.25, -0.2) is 0 Å². The highest BCUT2D eigenvalue weighted by Gasteiger charge is 2.24. The smallest absolute Gasteiger partial charge is 0.0931 e. The van der Waals surface area contributed by atoms with Crippen molar-refractivity contribution in [1.29, 1.82) is 0 Å². The number of hydrogen-bond acceptors (Lipinski definition) is 3. The number of rotatable bonds is 5. The van der Waals surface area contributed by atoms with Gasteiger partial charge in [0.25, 0.3) is 0 Å². The number of nitrogens with one attached hydrogen (secondary N) is 1. The van der Waals surface area contributed by atoms with Crippen LogP contribution in [0.4, 0.5) is 0 Å². The Bertz CT molecular complexity index is 334. The zero-order valence-corrected chi connectivity index (χ0v) is 12.6. The van der Waals surface area contributed by atoms with Gasteiger partial charge in [0, 0.05) is 16.2 Å². The maximum absolute atomic E-state index is 6.00. The minimum atomic E-state index is 0.611. The van der Waals surface area contributed by atoms with Gasteiger partial charge in [-0.05, 0) is 43.7 Å². The zero-order valence-electron chi connectivity index (χ0n) is 10.2. The van der Waals surface area contributed by atoms with Gasteiger partial charge < -0.3 is 5.32 Å². The molecule has 0 aliphatic carbocycles. The molecule has 1 aliphatic rings. The SMILES string of the molecule is CCNC(Cc1ccc(Cl)s1)C1CCCCS1. The first-order valence-electron chi connectivity index (χ1n) is 6.39. The van der Waals surface area contributed by atoms with Crippen LogP contribution in [-0.4, -0.2) is 23.6 Å². The first-order valence-corrected chi connectivity index (χ1v) is 8.63. The largest absolute Gasteiger partial charge is 0.313 e. The summed E-state index contributed by atoms with van der Waals surface area (Å²) in [5.41, 5.74) is 0. The van der Waals surface area contributed by atoms with Gasteiger partial charge in [0.15, 0.2) is 0 Å². The molecule has 1 aliphatic heterocycles. The fraction of sp³-hybridized carbons (Fsp3) is 0.692. The molecular formula is C13H20ClNS2. The Balaban J connectivity index is 1.95. The summed E-state index contributed by atoms with van der Waals surface area (Å²) in [6, 6.07) is 4.80. The standard InChI is InChI=1S/C13H20ClNS2/c1-2-15-11(12-5-3-4-8-16-12)9-10-6-7-13(14)17-10/h6-7,11-12,15H,2-5,8-9H2,1H3. The Morgan fingerprint density at radius 2 is 2.35 bits per heavy atom. The fourth-order valence-corrected chi connectivity index (χ4v) is 4.94. The molecule has 0 amide bonds. The van der Waals surface area contributed by atoms with Gasteiger partial charge in [0.05, 0.1) is 4.34 Å². The van der Waals surface area contributed by atoms with Gasteiger partial charge in [-0.2, -0.15) is 11.8 Å². The van der Waals surface area contributed by atoms with Crippen LogP contribution in [0, 0.1) is 0 Å². The van der Waals surface area contributed by atoms with E-state index in [1.54, 1.807) is 11.3 Å². The summed E-state index contributed by atoms with van der Waals surface area (Å²) in [7, 11) is 0. The van der Waals surface area contributed by atoms with Crippen molar-refractivity contribution in [3.8, 4) is 0 Å². The summed E-state index contributed by atoms with van der Waals surface area (Å²) in [6.07, 6.45) is 5.28. The first kappa shape index (κ1) is 13.7. The Morgan fingerprint density at radius 1 is 1.47 bits per heavy atom. The monoisotopic (exact) mass is 289 g/mol. The van der Waals surface area contributed by atoms with E-state index in [2.05, 4.69) is 30.1 Å². The molecule has 96 valence electrons. The lowest BCUT2D eigenvalue weighted by Crippen LogP contribution is -2.40. The molecule has 2 unspecified atom stereocenters. The lowest BCUT2D eigenvalue weighted by atomic mass is 10.0. The molecule has 0 saturated carbocycles. The molecule has 1 nitrogen and oxygen atoms in total. The molecule has 17 heavy (non-hydrogen) atoms. The van der Waals surface area contributed by atoms with Gasteiger partial charge in [-0.1, -0.05) is 24.9 Å². The average Bonchev–Trinajstić information content (AvgIpc) is 2.75. The van der Waals surface area contributed by atoms with Crippen molar-refractivity contribution in [3.63, 3.8) is 0 Å². The fourth-order valence-electron chi connectivity index (χ4n) is 2.36. The number of likely N-dealkylation sites (N-methyl/N-ethyl adjacent to an activating group) is 1. The predicted molar refractivity (Wildman–Crippen MR) is 80.6 cm³/mol. The molecule has 0 spiro atoms. The van der Waals surface area contributed by atoms with Crippen molar-refractivity contribution in [2.24, 2.45) is 0 Å². The second kappa shape index (κ2) is 7.03. The van der Waals surface area contributed by atoms with Crippen LogP contribution in [0.15, 0.2) is 12.1 Å². The van der Waals surface area contributed by atoms with Gasteiger partial charge in [0.2, 0.25) is 0 Å². The molecule has 2 heterocycles. The second-order valence-corrected chi connectivity index (χ2v) is 7.63. The van der Waals surface area contributed by atoms with E-state index < -0.39 is 0 Å². The average molecular weight is 290 g/mol. The molecule has 0 radical (unpaired) electrons. The van der Waals surface area contributed by atoms with Crippen molar-refractivity contribution in [2.45, 2.75) is 43.9 Å². The topological polar surface area (TPSA) is 12.0 Å². The highest BCUT2D eigenvalue weighted by atomic mass is 35.5. The Morgan fingerprint density at radius 3 is 2.94 bits per heavy atom. The van der Waals surface area contributed by atoms with E-state index in [0.717, 1.165) is 22.6 Å². The van der Waals surface area contributed by atoms with Gasteiger partial charge in [0.1, 0.15) is 0 Å². The molecule has 1 aromatic rings. The number of halogens is 1. The van der Waals surface area contributed by atoms with E-state index in [-0.39, 0.29) is 0 Å². The van der Waals surface area contributed by atoms with Crippen LogP contribution >= 0.6 is 34.7 Å². The Kier molecular flexibility index (Phi) is 5.67. The van der Waals surface area contributed by atoms with E-state index in [1.165, 1.54) is 29.9 Å². The summed E-state index contributed by atoms with van der Waals surface area (Å²) >= 11 is 9.87. The molecule has 4 heteroatoms. The highest BCUT2D eigenvalue weighted by molar-refractivity contribution is 8.00. The summed E-state index contributed by atoms with van der Waals surface area (Å²) in [6.45, 7) is 3.25. The van der Waals surface area contributed by atoms with Crippen molar-refractivity contribution in [1.82, 2.24) is 5.32 Å². The lowest BCUT2D eigenvalue weighted by molar-refractivity contribution is 0.474. The van der Waals surface area contributed by atoms with Crippen LogP contribution in [-0.2, 0) is 6.42 Å². The molecule has 2 rings (SSSR count). The third-order valence-electron chi connectivity index (χ3n) is 3.18. The molecule has 2 atom stereocenters. The third kappa shape index (κ3) is 4.16. The Labute approximate surface area is 117 Å². The minimum Gasteiger partial charge on any atom is -0.313 e. The molecule has 0 bridgehead atoms. The molecule has 1 N–H and O–H groups in total. The summed E-state index contributed by atoms with van der Waals surface area (Å²) in [5, 5.41) is 4.43. The van der Waals surface area contributed by atoms with Crippen molar-refractivity contribution < 1.29 is 0 Å². The highest BCUT2D eigenvalue weighted by Crippen LogP contribution is 2.30. The lowest BCUT2D eigenvalue weighted by Gasteiger charge is -2.30. The summed E-state index contributed by atoms with van der Waals surface area (Å²) in [5.74, 6) is 1.33. The van der Waals surface area contributed by atoms with E-state index in [9.17, 15) is 0 Å². The molecule has 1 aromatic heterocycles. The maximum Gasteiger partial charge on any atom is 0.0931 e. The summed E-state index contributed by atoms with van der Waals surface area (Å²) in [4.78, 5) is 1.41. The van der Waals surface area contributed by atoms with Gasteiger partial charge in [-0.15, -0.1) is 11.3 Å².